The normalized spacial score (nSPS) is 14.1. The first-order valence-electron chi connectivity index (χ1n) is 8.66. The molecule has 2 heterocycles. The van der Waals surface area contributed by atoms with Gasteiger partial charge in [-0.05, 0) is 18.2 Å². The molecule has 27 heavy (non-hydrogen) atoms. The molecule has 0 unspecified atom stereocenters. The van der Waals surface area contributed by atoms with E-state index in [1.807, 2.05) is 23.1 Å². The van der Waals surface area contributed by atoms with Crippen LogP contribution >= 0.6 is 11.6 Å². The summed E-state index contributed by atoms with van der Waals surface area (Å²) in [6.07, 6.45) is 2.10. The van der Waals surface area contributed by atoms with Gasteiger partial charge in [0.1, 0.15) is 5.82 Å². The third-order valence-corrected chi connectivity index (χ3v) is 4.74. The smallest absolute Gasteiger partial charge is 0.271 e. The van der Waals surface area contributed by atoms with Crippen LogP contribution in [0.25, 0.3) is 0 Å². The predicted molar refractivity (Wildman–Crippen MR) is 104 cm³/mol. The summed E-state index contributed by atoms with van der Waals surface area (Å²) in [5, 5.41) is 14.1. The number of piperazine rings is 1. The van der Waals surface area contributed by atoms with Gasteiger partial charge in [-0.1, -0.05) is 17.7 Å². The summed E-state index contributed by atoms with van der Waals surface area (Å²) in [4.78, 5) is 31.0. The van der Waals surface area contributed by atoms with Gasteiger partial charge in [-0.25, -0.2) is 4.98 Å². The van der Waals surface area contributed by atoms with Crippen molar-refractivity contribution in [2.45, 2.75) is 6.42 Å². The summed E-state index contributed by atoms with van der Waals surface area (Å²) in [6, 6.07) is 10.0. The average molecular weight is 390 g/mol. The summed E-state index contributed by atoms with van der Waals surface area (Å²) < 4.78 is 0. The highest BCUT2D eigenvalue weighted by Gasteiger charge is 2.21. The Morgan fingerprint density at radius 2 is 2.00 bits per heavy atom. The minimum absolute atomic E-state index is 0.0626. The first-order chi connectivity index (χ1) is 13.0. The van der Waals surface area contributed by atoms with Crippen molar-refractivity contribution in [1.29, 1.82) is 0 Å². The Morgan fingerprint density at radius 1 is 1.22 bits per heavy atom. The number of non-ortho nitro benzene ring substituents is 1. The van der Waals surface area contributed by atoms with Crippen LogP contribution in [0.15, 0.2) is 42.6 Å². The van der Waals surface area contributed by atoms with Gasteiger partial charge in [0.25, 0.3) is 5.69 Å². The van der Waals surface area contributed by atoms with Gasteiger partial charge < -0.3 is 15.1 Å². The quantitative estimate of drug-likeness (QED) is 0.603. The third kappa shape index (κ3) is 4.85. The molecule has 2 aromatic rings. The lowest BCUT2D eigenvalue weighted by Gasteiger charge is -2.35. The molecular weight excluding hydrogens is 370 g/mol. The first-order valence-corrected chi connectivity index (χ1v) is 9.04. The molecule has 0 saturated carbocycles. The van der Waals surface area contributed by atoms with Gasteiger partial charge in [-0.3, -0.25) is 14.9 Å². The van der Waals surface area contributed by atoms with Crippen molar-refractivity contribution in [1.82, 2.24) is 9.88 Å². The Balaban J connectivity index is 1.44. The van der Waals surface area contributed by atoms with E-state index in [4.69, 9.17) is 11.6 Å². The number of anilines is 2. The summed E-state index contributed by atoms with van der Waals surface area (Å²) in [6.45, 7) is 3.24. The zero-order valence-corrected chi connectivity index (χ0v) is 15.4. The SMILES string of the molecule is O=C(CCNc1ccc([N+](=O)[O-])cc1Cl)N1CCN(c2ccccn2)CC1. The third-order valence-electron chi connectivity index (χ3n) is 4.42. The number of nitro groups is 1. The van der Waals surface area contributed by atoms with E-state index in [2.05, 4.69) is 15.2 Å². The summed E-state index contributed by atoms with van der Waals surface area (Å²) in [5.41, 5.74) is 0.516. The Hall–Kier alpha value is -2.87. The van der Waals surface area contributed by atoms with Crippen molar-refractivity contribution in [3.63, 3.8) is 0 Å². The Kier molecular flexibility index (Phi) is 6.08. The monoisotopic (exact) mass is 389 g/mol. The molecule has 0 radical (unpaired) electrons. The predicted octanol–water partition coefficient (Wildman–Crippen LogP) is 2.79. The standard InChI is InChI=1S/C18H20ClN5O3/c19-15-13-14(24(26)27)4-5-16(15)20-8-6-18(25)23-11-9-22(10-12-23)17-3-1-2-7-21-17/h1-5,7,13,20H,6,8-12H2. The number of carbonyl (C=O) groups excluding carboxylic acids is 1. The average Bonchev–Trinajstić information content (AvgIpc) is 2.69. The molecule has 3 rings (SSSR count). The molecule has 9 heteroatoms. The number of hydrogen-bond donors (Lipinski definition) is 1. The number of carbonyl (C=O) groups is 1. The number of aromatic nitrogens is 1. The second-order valence-electron chi connectivity index (χ2n) is 6.15. The summed E-state index contributed by atoms with van der Waals surface area (Å²) >= 11 is 6.04. The Bertz CT molecular complexity index is 810. The van der Waals surface area contributed by atoms with Gasteiger partial charge in [-0.15, -0.1) is 0 Å². The Labute approximate surface area is 161 Å². The number of benzene rings is 1. The van der Waals surface area contributed by atoms with E-state index in [0.29, 0.717) is 31.7 Å². The highest BCUT2D eigenvalue weighted by Crippen LogP contribution is 2.26. The fourth-order valence-corrected chi connectivity index (χ4v) is 3.19. The van der Waals surface area contributed by atoms with Gasteiger partial charge in [0.2, 0.25) is 5.91 Å². The van der Waals surface area contributed by atoms with Crippen molar-refractivity contribution in [2.24, 2.45) is 0 Å². The van der Waals surface area contributed by atoms with Crippen LogP contribution < -0.4 is 10.2 Å². The molecule has 0 spiro atoms. The van der Waals surface area contributed by atoms with Gasteiger partial charge in [0, 0.05) is 57.5 Å². The first kappa shape index (κ1) is 18.9. The number of pyridine rings is 1. The van der Waals surface area contributed by atoms with Gasteiger partial charge in [-0.2, -0.15) is 0 Å². The molecule has 1 aliphatic heterocycles. The largest absolute Gasteiger partial charge is 0.383 e. The van der Waals surface area contributed by atoms with E-state index in [-0.39, 0.29) is 16.6 Å². The van der Waals surface area contributed by atoms with E-state index < -0.39 is 4.92 Å². The number of halogens is 1. The van der Waals surface area contributed by atoms with E-state index in [9.17, 15) is 14.9 Å². The molecule has 1 aromatic heterocycles. The van der Waals surface area contributed by atoms with Crippen LogP contribution in [-0.4, -0.2) is 53.4 Å². The topological polar surface area (TPSA) is 91.6 Å². The highest BCUT2D eigenvalue weighted by atomic mass is 35.5. The molecule has 1 amide bonds. The van der Waals surface area contributed by atoms with Crippen LogP contribution in [0.1, 0.15) is 6.42 Å². The van der Waals surface area contributed by atoms with E-state index in [1.165, 1.54) is 12.1 Å². The second-order valence-corrected chi connectivity index (χ2v) is 6.56. The molecule has 0 atom stereocenters. The van der Waals surface area contributed by atoms with Crippen molar-refractivity contribution in [2.75, 3.05) is 42.9 Å². The van der Waals surface area contributed by atoms with Crippen molar-refractivity contribution in [3.05, 3.63) is 57.7 Å². The number of nitrogens with zero attached hydrogens (tertiary/aromatic N) is 4. The lowest BCUT2D eigenvalue weighted by atomic mass is 10.2. The van der Waals surface area contributed by atoms with E-state index in [0.717, 1.165) is 18.9 Å². The summed E-state index contributed by atoms with van der Waals surface area (Å²) in [7, 11) is 0. The van der Waals surface area contributed by atoms with Gasteiger partial charge in [0.05, 0.1) is 15.6 Å². The number of nitro benzene ring substituents is 1. The maximum atomic E-state index is 12.4. The maximum Gasteiger partial charge on any atom is 0.271 e. The molecule has 0 bridgehead atoms. The second kappa shape index (κ2) is 8.68. The van der Waals surface area contributed by atoms with E-state index >= 15 is 0 Å². The molecule has 1 aromatic carbocycles. The molecule has 8 nitrogen and oxygen atoms in total. The van der Waals surface area contributed by atoms with Crippen LogP contribution in [0, 0.1) is 10.1 Å². The number of rotatable bonds is 6. The van der Waals surface area contributed by atoms with Gasteiger partial charge in [0.15, 0.2) is 0 Å². The minimum atomic E-state index is -0.496. The van der Waals surface area contributed by atoms with Crippen molar-refractivity contribution < 1.29 is 9.72 Å². The van der Waals surface area contributed by atoms with Crippen LogP contribution in [0.4, 0.5) is 17.2 Å². The minimum Gasteiger partial charge on any atom is -0.383 e. The zero-order valence-electron chi connectivity index (χ0n) is 14.7. The fraction of sp³-hybridized carbons (Fsp3) is 0.333. The number of hydrogen-bond acceptors (Lipinski definition) is 6. The molecule has 142 valence electrons. The number of amides is 1. The van der Waals surface area contributed by atoms with Crippen LogP contribution in [0.3, 0.4) is 0 Å². The molecule has 0 aliphatic carbocycles. The molecule has 1 N–H and O–H groups in total. The van der Waals surface area contributed by atoms with Crippen LogP contribution in [-0.2, 0) is 4.79 Å². The highest BCUT2D eigenvalue weighted by molar-refractivity contribution is 6.33. The van der Waals surface area contributed by atoms with E-state index in [1.54, 1.807) is 12.3 Å². The van der Waals surface area contributed by atoms with Crippen molar-refractivity contribution in [3.8, 4) is 0 Å². The van der Waals surface area contributed by atoms with Crippen molar-refractivity contribution >= 4 is 34.7 Å². The maximum absolute atomic E-state index is 12.4. The van der Waals surface area contributed by atoms with Gasteiger partial charge >= 0.3 is 0 Å². The lowest BCUT2D eigenvalue weighted by molar-refractivity contribution is -0.384. The molecule has 1 fully saturated rings. The summed E-state index contributed by atoms with van der Waals surface area (Å²) in [5.74, 6) is 1.00. The molecule has 1 aliphatic rings. The Morgan fingerprint density at radius 3 is 2.63 bits per heavy atom. The lowest BCUT2D eigenvalue weighted by Crippen LogP contribution is -2.49. The fourth-order valence-electron chi connectivity index (χ4n) is 2.95. The number of nitrogens with one attached hydrogen (secondary N) is 1. The molecule has 1 saturated heterocycles. The molecular formula is C18H20ClN5O3. The van der Waals surface area contributed by atoms with Crippen LogP contribution in [0.5, 0.6) is 0 Å². The zero-order chi connectivity index (χ0) is 19.2. The van der Waals surface area contributed by atoms with Crippen LogP contribution in [0.2, 0.25) is 5.02 Å².